The Morgan fingerprint density at radius 3 is 2.61 bits per heavy atom. The average molecular weight is 400 g/mol. The quantitative estimate of drug-likeness (QED) is 0.466. The Hall–Kier alpha value is -3.06. The van der Waals surface area contributed by atoms with Gasteiger partial charge in [0.05, 0.1) is 13.2 Å². The largest absolute Gasteiger partial charge is 0.494 e. The molecule has 1 heterocycles. The molecule has 0 aliphatic carbocycles. The van der Waals surface area contributed by atoms with E-state index in [2.05, 4.69) is 25.8 Å². The molecule has 0 fully saturated rings. The highest BCUT2D eigenvalue weighted by Gasteiger charge is 2.10. The van der Waals surface area contributed by atoms with Gasteiger partial charge < -0.3 is 19.9 Å². The molecule has 0 bridgehead atoms. The SMILES string of the molecule is CCOc1ccccc1CNC(=NC)NCc1nc(-c2ccc(Cl)cc2)no1. The molecule has 3 aromatic rings. The summed E-state index contributed by atoms with van der Waals surface area (Å²) < 4.78 is 10.9. The molecular weight excluding hydrogens is 378 g/mol. The number of guanidine groups is 1. The zero-order valence-electron chi connectivity index (χ0n) is 15.8. The van der Waals surface area contributed by atoms with E-state index in [1.165, 1.54) is 0 Å². The van der Waals surface area contributed by atoms with Gasteiger partial charge in [0.1, 0.15) is 5.75 Å². The molecule has 1 aromatic heterocycles. The molecule has 3 rings (SSSR count). The number of halogens is 1. The molecule has 0 saturated carbocycles. The van der Waals surface area contributed by atoms with Crippen LogP contribution in [0.1, 0.15) is 18.4 Å². The maximum atomic E-state index is 5.90. The molecule has 0 radical (unpaired) electrons. The summed E-state index contributed by atoms with van der Waals surface area (Å²) in [6, 6.07) is 15.2. The van der Waals surface area contributed by atoms with Gasteiger partial charge in [-0.15, -0.1) is 0 Å². The van der Waals surface area contributed by atoms with Crippen LogP contribution in [0.4, 0.5) is 0 Å². The highest BCUT2D eigenvalue weighted by Crippen LogP contribution is 2.19. The molecule has 0 unspecified atom stereocenters. The molecule has 0 saturated heterocycles. The summed E-state index contributed by atoms with van der Waals surface area (Å²) in [7, 11) is 1.71. The first-order valence-electron chi connectivity index (χ1n) is 8.93. The molecule has 7 nitrogen and oxygen atoms in total. The lowest BCUT2D eigenvalue weighted by Crippen LogP contribution is -2.36. The second kappa shape index (κ2) is 9.75. The van der Waals surface area contributed by atoms with Crippen molar-refractivity contribution >= 4 is 17.6 Å². The van der Waals surface area contributed by atoms with Gasteiger partial charge in [-0.05, 0) is 37.3 Å². The van der Waals surface area contributed by atoms with Crippen LogP contribution < -0.4 is 15.4 Å². The molecule has 0 aliphatic rings. The molecule has 0 aliphatic heterocycles. The van der Waals surface area contributed by atoms with Crippen LogP contribution in [-0.2, 0) is 13.1 Å². The third kappa shape index (κ3) is 5.23. The normalized spacial score (nSPS) is 11.3. The fourth-order valence-corrected chi connectivity index (χ4v) is 2.67. The maximum Gasteiger partial charge on any atom is 0.246 e. The fourth-order valence-electron chi connectivity index (χ4n) is 2.55. The van der Waals surface area contributed by atoms with Gasteiger partial charge in [0.15, 0.2) is 5.96 Å². The van der Waals surface area contributed by atoms with Crippen LogP contribution in [0.2, 0.25) is 5.02 Å². The zero-order valence-corrected chi connectivity index (χ0v) is 16.5. The van der Waals surface area contributed by atoms with Gasteiger partial charge in [0, 0.05) is 29.7 Å². The minimum absolute atomic E-state index is 0.355. The van der Waals surface area contributed by atoms with E-state index < -0.39 is 0 Å². The summed E-state index contributed by atoms with van der Waals surface area (Å²) in [5, 5.41) is 11.1. The number of benzene rings is 2. The number of rotatable bonds is 7. The van der Waals surface area contributed by atoms with Crippen LogP contribution in [0.15, 0.2) is 58.0 Å². The van der Waals surface area contributed by atoms with Crippen LogP contribution in [0.3, 0.4) is 0 Å². The van der Waals surface area contributed by atoms with Crippen molar-refractivity contribution in [1.82, 2.24) is 20.8 Å². The summed E-state index contributed by atoms with van der Waals surface area (Å²) >= 11 is 5.90. The summed E-state index contributed by atoms with van der Waals surface area (Å²) in [4.78, 5) is 8.60. The standard InChI is InChI=1S/C20H22ClN5O2/c1-3-27-17-7-5-4-6-15(17)12-23-20(22-2)24-13-18-25-19(26-28-18)14-8-10-16(21)11-9-14/h4-11H,3,12-13H2,1-2H3,(H2,22,23,24). The summed E-state index contributed by atoms with van der Waals surface area (Å²) in [5.74, 6) is 2.46. The maximum absolute atomic E-state index is 5.90. The van der Waals surface area contributed by atoms with E-state index in [1.54, 1.807) is 19.2 Å². The van der Waals surface area contributed by atoms with Gasteiger partial charge in [-0.25, -0.2) is 0 Å². The first kappa shape index (κ1) is 19.7. The van der Waals surface area contributed by atoms with Crippen LogP contribution in [-0.4, -0.2) is 29.8 Å². The Bertz CT molecular complexity index is 924. The van der Waals surface area contributed by atoms with E-state index in [4.69, 9.17) is 20.9 Å². The number of nitrogens with zero attached hydrogens (tertiary/aromatic N) is 3. The Morgan fingerprint density at radius 2 is 1.86 bits per heavy atom. The van der Waals surface area contributed by atoms with E-state index >= 15 is 0 Å². The molecule has 0 spiro atoms. The minimum Gasteiger partial charge on any atom is -0.494 e. The number of nitrogens with one attached hydrogen (secondary N) is 2. The number of ether oxygens (including phenoxy) is 1. The molecule has 146 valence electrons. The van der Waals surface area contributed by atoms with Crippen molar-refractivity contribution in [2.45, 2.75) is 20.0 Å². The smallest absolute Gasteiger partial charge is 0.246 e. The summed E-state index contributed by atoms with van der Waals surface area (Å²) in [6.45, 7) is 3.52. The second-order valence-corrected chi connectivity index (χ2v) is 6.28. The van der Waals surface area contributed by atoms with Gasteiger partial charge in [0.25, 0.3) is 0 Å². The Balaban J connectivity index is 1.55. The fraction of sp³-hybridized carbons (Fsp3) is 0.250. The third-order valence-corrected chi connectivity index (χ3v) is 4.17. The number of aromatic nitrogens is 2. The first-order chi connectivity index (χ1) is 13.7. The van der Waals surface area contributed by atoms with Gasteiger partial charge in [0.2, 0.25) is 11.7 Å². The van der Waals surface area contributed by atoms with Gasteiger partial charge in [-0.2, -0.15) is 4.98 Å². The molecule has 2 aromatic carbocycles. The molecular formula is C20H22ClN5O2. The van der Waals surface area contributed by atoms with E-state index in [9.17, 15) is 0 Å². The van der Waals surface area contributed by atoms with Crippen LogP contribution in [0.25, 0.3) is 11.4 Å². The summed E-state index contributed by atoms with van der Waals surface area (Å²) in [6.07, 6.45) is 0. The second-order valence-electron chi connectivity index (χ2n) is 5.84. The lowest BCUT2D eigenvalue weighted by molar-refractivity contribution is 0.336. The van der Waals surface area contributed by atoms with E-state index in [-0.39, 0.29) is 0 Å². The summed E-state index contributed by atoms with van der Waals surface area (Å²) in [5.41, 5.74) is 1.89. The molecule has 28 heavy (non-hydrogen) atoms. The topological polar surface area (TPSA) is 84.6 Å². The molecule has 8 heteroatoms. The van der Waals surface area contributed by atoms with E-state index in [0.29, 0.717) is 42.4 Å². The number of aliphatic imine (C=N–C) groups is 1. The van der Waals surface area contributed by atoms with E-state index in [0.717, 1.165) is 16.9 Å². The Morgan fingerprint density at radius 1 is 1.11 bits per heavy atom. The van der Waals surface area contributed by atoms with Gasteiger partial charge >= 0.3 is 0 Å². The first-order valence-corrected chi connectivity index (χ1v) is 9.31. The van der Waals surface area contributed by atoms with Crippen LogP contribution in [0, 0.1) is 0 Å². The van der Waals surface area contributed by atoms with Crippen molar-refractivity contribution in [3.05, 3.63) is 65.0 Å². The highest BCUT2D eigenvalue weighted by atomic mass is 35.5. The number of para-hydroxylation sites is 1. The molecule has 0 amide bonds. The lowest BCUT2D eigenvalue weighted by Gasteiger charge is -2.13. The highest BCUT2D eigenvalue weighted by molar-refractivity contribution is 6.30. The zero-order chi connectivity index (χ0) is 19.8. The number of hydrogen-bond acceptors (Lipinski definition) is 5. The van der Waals surface area contributed by atoms with Gasteiger partial charge in [-0.1, -0.05) is 35.0 Å². The van der Waals surface area contributed by atoms with Crippen molar-refractivity contribution in [3.63, 3.8) is 0 Å². The average Bonchev–Trinajstić information content (AvgIpc) is 3.19. The lowest BCUT2D eigenvalue weighted by atomic mass is 10.2. The monoisotopic (exact) mass is 399 g/mol. The third-order valence-electron chi connectivity index (χ3n) is 3.92. The van der Waals surface area contributed by atoms with Crippen LogP contribution >= 0.6 is 11.6 Å². The minimum atomic E-state index is 0.355. The van der Waals surface area contributed by atoms with Gasteiger partial charge in [-0.3, -0.25) is 4.99 Å². The number of hydrogen-bond donors (Lipinski definition) is 2. The van der Waals surface area contributed by atoms with Crippen molar-refractivity contribution in [1.29, 1.82) is 0 Å². The predicted molar refractivity (Wildman–Crippen MR) is 109 cm³/mol. The van der Waals surface area contributed by atoms with Crippen molar-refractivity contribution in [2.24, 2.45) is 4.99 Å². The Labute approximate surface area is 168 Å². The Kier molecular flexibility index (Phi) is 6.86. The molecule has 2 N–H and O–H groups in total. The van der Waals surface area contributed by atoms with Crippen molar-refractivity contribution in [2.75, 3.05) is 13.7 Å². The molecule has 0 atom stereocenters. The van der Waals surface area contributed by atoms with E-state index in [1.807, 2.05) is 43.3 Å². The van der Waals surface area contributed by atoms with Crippen molar-refractivity contribution < 1.29 is 9.26 Å². The van der Waals surface area contributed by atoms with Crippen LogP contribution in [0.5, 0.6) is 5.75 Å². The predicted octanol–water partition coefficient (Wildman–Crippen LogP) is 3.65. The van der Waals surface area contributed by atoms with Crippen molar-refractivity contribution in [3.8, 4) is 17.1 Å².